The third-order valence-corrected chi connectivity index (χ3v) is 6.48. The molecule has 0 radical (unpaired) electrons. The average molecular weight is 398 g/mol. The van der Waals surface area contributed by atoms with Gasteiger partial charge in [0.25, 0.3) is 10.0 Å². The lowest BCUT2D eigenvalue weighted by molar-refractivity contribution is 0.0599. The number of aryl methyl sites for hydroxylation is 1. The van der Waals surface area contributed by atoms with E-state index in [1.165, 1.54) is 25.4 Å². The zero-order valence-electron chi connectivity index (χ0n) is 13.3. The first kappa shape index (κ1) is 17.8. The highest BCUT2D eigenvalue weighted by Gasteiger charge is 2.24. The van der Waals surface area contributed by atoms with Crippen molar-refractivity contribution < 1.29 is 22.4 Å². The number of furan rings is 1. The van der Waals surface area contributed by atoms with Gasteiger partial charge in [0.2, 0.25) is 5.09 Å². The number of hydrogen-bond donors (Lipinski definition) is 1. The molecule has 7 nitrogen and oxygen atoms in total. The lowest BCUT2D eigenvalue weighted by atomic mass is 10.3. The van der Waals surface area contributed by atoms with Crippen LogP contribution in [0.15, 0.2) is 38.5 Å². The molecule has 0 aliphatic carbocycles. The van der Waals surface area contributed by atoms with Gasteiger partial charge in [0, 0.05) is 11.4 Å². The molecule has 0 unspecified atom stereocenters. The molecule has 0 aliphatic heterocycles. The Labute approximate surface area is 152 Å². The fourth-order valence-electron chi connectivity index (χ4n) is 2.04. The van der Waals surface area contributed by atoms with Crippen LogP contribution in [0.3, 0.4) is 0 Å². The van der Waals surface area contributed by atoms with Gasteiger partial charge < -0.3 is 9.15 Å². The SMILES string of the molecule is COC(=O)c1cc(S(=O)(=O)NCc2csc(-c3cccs3)n2)oc1C. The maximum absolute atomic E-state index is 12.3. The van der Waals surface area contributed by atoms with E-state index in [2.05, 4.69) is 14.4 Å². The molecule has 0 saturated heterocycles. The molecule has 0 fully saturated rings. The van der Waals surface area contributed by atoms with Crippen LogP contribution in [0.1, 0.15) is 21.8 Å². The smallest absolute Gasteiger partial charge is 0.341 e. The zero-order valence-corrected chi connectivity index (χ0v) is 15.8. The van der Waals surface area contributed by atoms with Gasteiger partial charge >= 0.3 is 5.97 Å². The molecule has 25 heavy (non-hydrogen) atoms. The summed E-state index contributed by atoms with van der Waals surface area (Å²) in [6.07, 6.45) is 0. The van der Waals surface area contributed by atoms with E-state index in [1.54, 1.807) is 16.7 Å². The van der Waals surface area contributed by atoms with Crippen LogP contribution < -0.4 is 4.72 Å². The second-order valence-corrected chi connectivity index (χ2v) is 8.48. The third kappa shape index (κ3) is 3.82. The molecule has 3 heterocycles. The number of hydrogen-bond acceptors (Lipinski definition) is 8. The number of methoxy groups -OCH3 is 1. The Morgan fingerprint density at radius 3 is 2.88 bits per heavy atom. The Morgan fingerprint density at radius 1 is 1.40 bits per heavy atom. The van der Waals surface area contributed by atoms with E-state index in [1.807, 2.05) is 17.5 Å². The van der Waals surface area contributed by atoms with Gasteiger partial charge in [-0.3, -0.25) is 0 Å². The number of carbonyl (C=O) groups excluding carboxylic acids is 1. The van der Waals surface area contributed by atoms with E-state index >= 15 is 0 Å². The maximum atomic E-state index is 12.3. The second-order valence-electron chi connectivity index (χ2n) is 4.97. The second kappa shape index (κ2) is 7.08. The van der Waals surface area contributed by atoms with Gasteiger partial charge in [-0.1, -0.05) is 6.07 Å². The summed E-state index contributed by atoms with van der Waals surface area (Å²) in [4.78, 5) is 17.0. The van der Waals surface area contributed by atoms with Crippen LogP contribution in [0.4, 0.5) is 0 Å². The molecular weight excluding hydrogens is 384 g/mol. The summed E-state index contributed by atoms with van der Waals surface area (Å²) in [5.74, 6) is -0.469. The van der Waals surface area contributed by atoms with Gasteiger partial charge in [0.15, 0.2) is 0 Å². The average Bonchev–Trinajstić information content (AvgIpc) is 3.32. The number of nitrogens with one attached hydrogen (secondary N) is 1. The van der Waals surface area contributed by atoms with Crippen molar-refractivity contribution in [2.24, 2.45) is 0 Å². The minimum Gasteiger partial charge on any atom is -0.465 e. The van der Waals surface area contributed by atoms with Crippen LogP contribution in [0.25, 0.3) is 9.88 Å². The van der Waals surface area contributed by atoms with Crippen molar-refractivity contribution in [1.29, 1.82) is 0 Å². The minimum absolute atomic E-state index is 0.0253. The van der Waals surface area contributed by atoms with Crippen molar-refractivity contribution in [1.82, 2.24) is 9.71 Å². The molecule has 0 bridgehead atoms. The van der Waals surface area contributed by atoms with Gasteiger partial charge in [-0.25, -0.2) is 22.9 Å². The van der Waals surface area contributed by atoms with Crippen molar-refractivity contribution in [2.75, 3.05) is 7.11 Å². The third-order valence-electron chi connectivity index (χ3n) is 3.29. The van der Waals surface area contributed by atoms with Gasteiger partial charge in [0.05, 0.1) is 24.2 Å². The highest BCUT2D eigenvalue weighted by Crippen LogP contribution is 2.28. The van der Waals surface area contributed by atoms with E-state index in [4.69, 9.17) is 4.42 Å². The Hall–Kier alpha value is -2.01. The molecule has 1 N–H and O–H groups in total. The van der Waals surface area contributed by atoms with Crippen molar-refractivity contribution in [3.63, 3.8) is 0 Å². The predicted molar refractivity (Wildman–Crippen MR) is 94.2 cm³/mol. The lowest BCUT2D eigenvalue weighted by Crippen LogP contribution is -2.23. The van der Waals surface area contributed by atoms with Gasteiger partial charge in [-0.05, 0) is 18.4 Å². The number of esters is 1. The molecule has 0 amide bonds. The quantitative estimate of drug-likeness (QED) is 0.641. The van der Waals surface area contributed by atoms with Gasteiger partial charge in [-0.15, -0.1) is 22.7 Å². The number of aromatic nitrogens is 1. The van der Waals surface area contributed by atoms with Crippen molar-refractivity contribution in [2.45, 2.75) is 18.6 Å². The first-order valence-corrected chi connectivity index (χ1v) is 10.3. The fraction of sp³-hybridized carbons (Fsp3) is 0.200. The number of nitrogens with zero attached hydrogens (tertiary/aromatic N) is 1. The summed E-state index contributed by atoms with van der Waals surface area (Å²) < 4.78 is 36.9. The first-order chi connectivity index (χ1) is 11.9. The van der Waals surface area contributed by atoms with E-state index in [9.17, 15) is 13.2 Å². The normalized spacial score (nSPS) is 11.6. The molecule has 3 rings (SSSR count). The number of carbonyl (C=O) groups is 1. The molecular formula is C15H14N2O5S3. The Kier molecular flexibility index (Phi) is 5.04. The van der Waals surface area contributed by atoms with Crippen molar-refractivity contribution >= 4 is 38.7 Å². The fourth-order valence-corrected chi connectivity index (χ4v) is 4.66. The Balaban J connectivity index is 1.73. The summed E-state index contributed by atoms with van der Waals surface area (Å²) >= 11 is 3.02. The summed E-state index contributed by atoms with van der Waals surface area (Å²) in [5, 5.41) is 4.26. The summed E-state index contributed by atoms with van der Waals surface area (Å²) in [6, 6.07) is 5.04. The monoisotopic (exact) mass is 398 g/mol. The van der Waals surface area contributed by atoms with Crippen molar-refractivity contribution in [3.8, 4) is 9.88 Å². The van der Waals surface area contributed by atoms with Crippen LogP contribution in [0, 0.1) is 6.92 Å². The van der Waals surface area contributed by atoms with Crippen molar-refractivity contribution in [3.05, 3.63) is 46.0 Å². The van der Waals surface area contributed by atoms with E-state index < -0.39 is 16.0 Å². The standard InChI is InChI=1S/C15H14N2O5S3/c1-9-11(15(18)21-2)6-13(22-9)25(19,20)16-7-10-8-24-14(17-10)12-4-3-5-23-12/h3-6,8,16H,7H2,1-2H3. The van der Waals surface area contributed by atoms with E-state index in [-0.39, 0.29) is 23.0 Å². The molecule has 3 aromatic rings. The van der Waals surface area contributed by atoms with E-state index in [0.29, 0.717) is 5.69 Å². The Morgan fingerprint density at radius 2 is 2.20 bits per heavy atom. The van der Waals surface area contributed by atoms with Gasteiger partial charge in [0.1, 0.15) is 16.3 Å². The van der Waals surface area contributed by atoms with E-state index in [0.717, 1.165) is 16.0 Å². The summed E-state index contributed by atoms with van der Waals surface area (Å²) in [5.41, 5.74) is 0.685. The molecule has 0 saturated carbocycles. The Bertz CT molecular complexity index is 986. The van der Waals surface area contributed by atoms with Crippen LogP contribution in [0.2, 0.25) is 0 Å². The van der Waals surface area contributed by atoms with Crippen LogP contribution >= 0.6 is 22.7 Å². The lowest BCUT2D eigenvalue weighted by Gasteiger charge is -2.01. The number of thiazole rings is 1. The van der Waals surface area contributed by atoms with Crippen LogP contribution in [-0.2, 0) is 21.3 Å². The molecule has 0 atom stereocenters. The highest BCUT2D eigenvalue weighted by atomic mass is 32.2. The van der Waals surface area contributed by atoms with Crippen LogP contribution in [0.5, 0.6) is 0 Å². The molecule has 10 heteroatoms. The molecule has 132 valence electrons. The molecule has 0 spiro atoms. The number of rotatable bonds is 6. The van der Waals surface area contributed by atoms with Crippen LogP contribution in [-0.4, -0.2) is 26.5 Å². The largest absolute Gasteiger partial charge is 0.465 e. The molecule has 0 aliphatic rings. The summed E-state index contributed by atoms with van der Waals surface area (Å²) in [6.45, 7) is 1.52. The first-order valence-electron chi connectivity index (χ1n) is 7.07. The predicted octanol–water partition coefficient (Wildman–Crippen LogP) is 3.04. The highest BCUT2D eigenvalue weighted by molar-refractivity contribution is 7.89. The molecule has 3 aromatic heterocycles. The summed E-state index contributed by atoms with van der Waals surface area (Å²) in [7, 11) is -2.69. The zero-order chi connectivity index (χ0) is 18.0. The minimum atomic E-state index is -3.90. The number of ether oxygens (including phenoxy) is 1. The number of thiophene rings is 1. The maximum Gasteiger partial charge on any atom is 0.341 e. The van der Waals surface area contributed by atoms with Gasteiger partial charge in [-0.2, -0.15) is 0 Å². The molecule has 0 aromatic carbocycles. The topological polar surface area (TPSA) is 98.5 Å². The number of sulfonamides is 1.